The number of rotatable bonds is 3. The van der Waals surface area contributed by atoms with Gasteiger partial charge in [0.2, 0.25) is 5.96 Å². The summed E-state index contributed by atoms with van der Waals surface area (Å²) >= 11 is 0. The molecule has 1 saturated heterocycles. The Morgan fingerprint density at radius 3 is 2.52 bits per heavy atom. The fourth-order valence-electron chi connectivity index (χ4n) is 3.39. The second kappa shape index (κ2) is 7.71. The predicted molar refractivity (Wildman–Crippen MR) is 99.8 cm³/mol. The lowest BCUT2D eigenvalue weighted by molar-refractivity contribution is 0.0395. The molecule has 128 valence electrons. The molecule has 5 nitrogen and oxygen atoms in total. The zero-order valence-corrected chi connectivity index (χ0v) is 15.0. The van der Waals surface area contributed by atoms with Crippen LogP contribution in [0.15, 0.2) is 29.3 Å². The maximum atomic E-state index is 5.42. The van der Waals surface area contributed by atoms with Crippen molar-refractivity contribution < 1.29 is 4.74 Å². The van der Waals surface area contributed by atoms with Crippen LogP contribution in [0, 0.1) is 0 Å². The van der Waals surface area contributed by atoms with E-state index in [4.69, 9.17) is 9.73 Å². The fourth-order valence-corrected chi connectivity index (χ4v) is 3.39. The second-order valence-corrected chi connectivity index (χ2v) is 5.98. The van der Waals surface area contributed by atoms with Crippen molar-refractivity contribution in [3.63, 3.8) is 0 Å². The molecule has 0 amide bonds. The number of aliphatic imine (C=N–C) groups is 1. The quantitative estimate of drug-likeness (QED) is 0.829. The Morgan fingerprint density at radius 1 is 1.09 bits per heavy atom. The van der Waals surface area contributed by atoms with Gasteiger partial charge in [-0.15, -0.1) is 24.8 Å². The van der Waals surface area contributed by atoms with Crippen LogP contribution in [0.25, 0.3) is 0 Å². The first kappa shape index (κ1) is 18.3. The first-order valence-electron chi connectivity index (χ1n) is 7.85. The number of nitrogens with zero attached hydrogens (tertiary/aromatic N) is 4. The number of benzene rings is 1. The summed E-state index contributed by atoms with van der Waals surface area (Å²) in [6.45, 7) is 9.07. The van der Waals surface area contributed by atoms with E-state index < -0.39 is 0 Å². The molecule has 3 heterocycles. The highest BCUT2D eigenvalue weighted by Gasteiger charge is 2.37. The summed E-state index contributed by atoms with van der Waals surface area (Å²) in [4.78, 5) is 12.1. The molecule has 1 fully saturated rings. The van der Waals surface area contributed by atoms with Gasteiger partial charge in [0, 0.05) is 32.7 Å². The Morgan fingerprint density at radius 2 is 1.78 bits per heavy atom. The second-order valence-electron chi connectivity index (χ2n) is 5.98. The lowest BCUT2D eigenvalue weighted by Gasteiger charge is -2.29. The maximum Gasteiger partial charge on any atom is 0.206 e. The summed E-state index contributed by atoms with van der Waals surface area (Å²) in [5.41, 5.74) is 2.61. The van der Waals surface area contributed by atoms with Crippen molar-refractivity contribution in [1.82, 2.24) is 4.90 Å². The van der Waals surface area contributed by atoms with Crippen LogP contribution in [0.1, 0.15) is 6.92 Å². The van der Waals surface area contributed by atoms with Crippen LogP contribution in [0.5, 0.6) is 0 Å². The highest BCUT2D eigenvalue weighted by molar-refractivity contribution is 6.17. The molecule has 0 aromatic heterocycles. The molecule has 0 saturated carbocycles. The van der Waals surface area contributed by atoms with E-state index in [-0.39, 0.29) is 24.8 Å². The molecule has 0 radical (unpaired) electrons. The van der Waals surface area contributed by atoms with Gasteiger partial charge in [-0.2, -0.15) is 0 Å². The van der Waals surface area contributed by atoms with Gasteiger partial charge in [-0.05, 0) is 19.1 Å². The van der Waals surface area contributed by atoms with Gasteiger partial charge in [0.25, 0.3) is 0 Å². The maximum absolute atomic E-state index is 5.42. The highest BCUT2D eigenvalue weighted by atomic mass is 35.5. The van der Waals surface area contributed by atoms with Crippen molar-refractivity contribution in [2.24, 2.45) is 4.99 Å². The first-order valence-corrected chi connectivity index (χ1v) is 7.85. The Kier molecular flexibility index (Phi) is 6.14. The van der Waals surface area contributed by atoms with E-state index >= 15 is 0 Å². The Hall–Kier alpha value is -1.01. The normalized spacial score (nSPS) is 22.8. The zero-order valence-electron chi connectivity index (χ0n) is 13.4. The third kappa shape index (κ3) is 3.43. The van der Waals surface area contributed by atoms with Crippen molar-refractivity contribution in [2.45, 2.75) is 13.0 Å². The number of anilines is 2. The molecular formula is C16H24Cl2N4O. The SMILES string of the molecule is CC1CN2C(=N1)N(CCN1CCOCC1)c1ccccc12.Cl.Cl. The van der Waals surface area contributed by atoms with E-state index in [1.807, 2.05) is 0 Å². The van der Waals surface area contributed by atoms with Crippen molar-refractivity contribution in [2.75, 3.05) is 55.7 Å². The van der Waals surface area contributed by atoms with Crippen molar-refractivity contribution in [1.29, 1.82) is 0 Å². The van der Waals surface area contributed by atoms with E-state index in [2.05, 4.69) is 45.9 Å². The molecule has 1 atom stereocenters. The van der Waals surface area contributed by atoms with Gasteiger partial charge in [-0.3, -0.25) is 4.90 Å². The van der Waals surface area contributed by atoms with Crippen LogP contribution in [0.4, 0.5) is 11.4 Å². The van der Waals surface area contributed by atoms with Gasteiger partial charge < -0.3 is 14.5 Å². The summed E-state index contributed by atoms with van der Waals surface area (Å²) in [6, 6.07) is 9.04. The average molecular weight is 359 g/mol. The monoisotopic (exact) mass is 358 g/mol. The van der Waals surface area contributed by atoms with Gasteiger partial charge in [-0.25, -0.2) is 4.99 Å². The number of hydrogen-bond donors (Lipinski definition) is 0. The molecular weight excluding hydrogens is 335 g/mol. The summed E-state index contributed by atoms with van der Waals surface area (Å²) in [5, 5.41) is 0. The minimum Gasteiger partial charge on any atom is -0.379 e. The number of halogens is 2. The standard InChI is InChI=1S/C16H22N4O.2ClH/c1-13-12-20-15-5-3-2-4-14(15)19(16(20)17-13)7-6-18-8-10-21-11-9-18;;/h2-5,13H,6-12H2,1H3;2*1H. The van der Waals surface area contributed by atoms with E-state index in [1.165, 1.54) is 11.4 Å². The molecule has 0 spiro atoms. The fraction of sp³-hybridized carbons (Fsp3) is 0.562. The Balaban J connectivity index is 0.000000960. The van der Waals surface area contributed by atoms with Crippen LogP contribution in [-0.4, -0.2) is 62.8 Å². The van der Waals surface area contributed by atoms with E-state index in [0.29, 0.717) is 6.04 Å². The molecule has 3 aliphatic heterocycles. The lowest BCUT2D eigenvalue weighted by atomic mass is 10.2. The van der Waals surface area contributed by atoms with Crippen molar-refractivity contribution in [3.05, 3.63) is 24.3 Å². The molecule has 3 aliphatic rings. The summed E-state index contributed by atoms with van der Waals surface area (Å²) < 4.78 is 5.42. The molecule has 0 N–H and O–H groups in total. The Labute approximate surface area is 150 Å². The minimum absolute atomic E-state index is 0. The topological polar surface area (TPSA) is 31.3 Å². The summed E-state index contributed by atoms with van der Waals surface area (Å²) in [6.07, 6.45) is 0. The third-order valence-electron chi connectivity index (χ3n) is 4.47. The van der Waals surface area contributed by atoms with Crippen LogP contribution in [-0.2, 0) is 4.74 Å². The number of ether oxygens (including phenoxy) is 1. The molecule has 0 aliphatic carbocycles. The molecule has 1 aromatic rings. The van der Waals surface area contributed by atoms with Crippen molar-refractivity contribution in [3.8, 4) is 0 Å². The Bertz CT molecular complexity index is 563. The van der Waals surface area contributed by atoms with E-state index in [0.717, 1.165) is 51.9 Å². The van der Waals surface area contributed by atoms with Crippen LogP contribution >= 0.6 is 24.8 Å². The molecule has 4 rings (SSSR count). The smallest absolute Gasteiger partial charge is 0.206 e. The van der Waals surface area contributed by atoms with Gasteiger partial charge in [0.05, 0.1) is 30.6 Å². The molecule has 7 heteroatoms. The summed E-state index contributed by atoms with van der Waals surface area (Å²) in [5.74, 6) is 1.14. The van der Waals surface area contributed by atoms with Crippen LogP contribution < -0.4 is 9.80 Å². The van der Waals surface area contributed by atoms with Gasteiger partial charge in [0.1, 0.15) is 0 Å². The third-order valence-corrected chi connectivity index (χ3v) is 4.47. The number of hydrogen-bond acceptors (Lipinski definition) is 5. The number of guanidine groups is 1. The van der Waals surface area contributed by atoms with Crippen LogP contribution in [0.2, 0.25) is 0 Å². The largest absolute Gasteiger partial charge is 0.379 e. The van der Waals surface area contributed by atoms with E-state index in [1.54, 1.807) is 0 Å². The average Bonchev–Trinajstić information content (AvgIpc) is 3.02. The van der Waals surface area contributed by atoms with Gasteiger partial charge in [0.15, 0.2) is 0 Å². The zero-order chi connectivity index (χ0) is 14.2. The van der Waals surface area contributed by atoms with Crippen molar-refractivity contribution >= 4 is 42.1 Å². The van der Waals surface area contributed by atoms with Gasteiger partial charge >= 0.3 is 0 Å². The lowest BCUT2D eigenvalue weighted by Crippen LogP contribution is -2.44. The molecule has 23 heavy (non-hydrogen) atoms. The summed E-state index contributed by atoms with van der Waals surface area (Å²) in [7, 11) is 0. The molecule has 0 bridgehead atoms. The first-order chi connectivity index (χ1) is 10.3. The van der Waals surface area contributed by atoms with Gasteiger partial charge in [-0.1, -0.05) is 12.1 Å². The number of para-hydroxylation sites is 2. The molecule has 1 unspecified atom stereocenters. The number of fused-ring (bicyclic) bond motifs is 3. The predicted octanol–water partition coefficient (Wildman–Crippen LogP) is 2.25. The van der Waals surface area contributed by atoms with E-state index in [9.17, 15) is 0 Å². The van der Waals surface area contributed by atoms with Crippen LogP contribution in [0.3, 0.4) is 0 Å². The highest BCUT2D eigenvalue weighted by Crippen LogP contribution is 2.39. The molecule has 1 aromatic carbocycles. The minimum atomic E-state index is 0. The number of morpholine rings is 1.